The van der Waals surface area contributed by atoms with Crippen LogP contribution in [0.4, 0.5) is 0 Å². The fraction of sp³-hybridized carbons (Fsp3) is 0.914. The summed E-state index contributed by atoms with van der Waals surface area (Å²) in [5.74, 6) is 2.89. The van der Waals surface area contributed by atoms with E-state index in [1.165, 1.54) is 32.6 Å². The molecule has 9 unspecified atom stereocenters. The standard InChI is InChI=1S/C29H50O4S.C2H5NO.2C2H6/c1-7-14-28(5)22(12-17-30)19-25(31)26-23-9-8-21(29(23,6)16-11-24(26)28)10-15-27(3,4)20(2)13-18-34(32)33;1-2(3)4;2*1-2/h17,20-24,26H,7-16,18-19H2,1-6H3,(H,32,33);1H3,(H2,3,4);2*1-2H3. The highest BCUT2D eigenvalue weighted by Gasteiger charge is 2.61. The van der Waals surface area contributed by atoms with Crippen LogP contribution in [-0.2, 0) is 25.5 Å². The van der Waals surface area contributed by atoms with Gasteiger partial charge in [-0.1, -0.05) is 75.7 Å². The van der Waals surface area contributed by atoms with Crippen LogP contribution in [0.2, 0.25) is 0 Å². The molecule has 0 bridgehead atoms. The molecule has 9 atom stereocenters. The van der Waals surface area contributed by atoms with Crippen LogP contribution < -0.4 is 5.73 Å². The van der Waals surface area contributed by atoms with Crippen LogP contribution >= 0.6 is 0 Å². The largest absolute Gasteiger partial charge is 0.370 e. The maximum atomic E-state index is 13.6. The Morgan fingerprint density at radius 1 is 1.12 bits per heavy atom. The molecule has 1 amide bonds. The van der Waals surface area contributed by atoms with Gasteiger partial charge in [0.1, 0.15) is 12.1 Å². The fourth-order valence-electron chi connectivity index (χ4n) is 8.68. The molecule has 7 heteroatoms. The lowest BCUT2D eigenvalue weighted by Gasteiger charge is -2.58. The summed E-state index contributed by atoms with van der Waals surface area (Å²) in [6.07, 6.45) is 12.3. The summed E-state index contributed by atoms with van der Waals surface area (Å²) in [7, 11) is 0. The van der Waals surface area contributed by atoms with Crippen LogP contribution in [0.25, 0.3) is 0 Å². The minimum atomic E-state index is -1.71. The summed E-state index contributed by atoms with van der Waals surface area (Å²) in [5, 5.41) is 0. The molecule has 0 aromatic carbocycles. The zero-order valence-corrected chi connectivity index (χ0v) is 29.9. The summed E-state index contributed by atoms with van der Waals surface area (Å²) >= 11 is -1.71. The van der Waals surface area contributed by atoms with Crippen molar-refractivity contribution in [3.63, 3.8) is 0 Å². The van der Waals surface area contributed by atoms with Gasteiger partial charge in [-0.25, -0.2) is 4.21 Å². The third kappa shape index (κ3) is 10.2. The molecule has 0 radical (unpaired) electrons. The third-order valence-corrected chi connectivity index (χ3v) is 12.0. The van der Waals surface area contributed by atoms with E-state index in [1.54, 1.807) is 0 Å². The Balaban J connectivity index is 0.00000190. The number of aldehydes is 1. The van der Waals surface area contributed by atoms with Gasteiger partial charge in [0.05, 0.1) is 0 Å². The van der Waals surface area contributed by atoms with Crippen molar-refractivity contribution in [3.05, 3.63) is 0 Å². The molecule has 3 aliphatic carbocycles. The SMILES string of the molecule is CC.CC.CC(N)=O.CCCC1(C)C(CC=O)CC(=O)C2C3CCC(CCC(C)(C)C(C)CCS(=O)O)C3(C)CCC21. The first-order valence-electron chi connectivity index (χ1n) is 16.9. The summed E-state index contributed by atoms with van der Waals surface area (Å²) in [4.78, 5) is 34.2. The maximum absolute atomic E-state index is 13.6. The number of nitrogens with two attached hydrogens (primary N) is 1. The van der Waals surface area contributed by atoms with Crippen molar-refractivity contribution in [2.75, 3.05) is 5.75 Å². The highest BCUT2D eigenvalue weighted by atomic mass is 32.2. The van der Waals surface area contributed by atoms with Crippen molar-refractivity contribution in [3.8, 4) is 0 Å². The molecule has 3 saturated carbocycles. The molecule has 248 valence electrons. The molecule has 0 saturated heterocycles. The zero-order valence-electron chi connectivity index (χ0n) is 29.1. The van der Waals surface area contributed by atoms with Gasteiger partial charge in [-0.3, -0.25) is 9.59 Å². The van der Waals surface area contributed by atoms with Gasteiger partial charge < -0.3 is 15.1 Å². The van der Waals surface area contributed by atoms with E-state index in [4.69, 9.17) is 0 Å². The second-order valence-corrected chi connectivity index (χ2v) is 15.0. The van der Waals surface area contributed by atoms with Crippen molar-refractivity contribution < 1.29 is 23.1 Å². The van der Waals surface area contributed by atoms with Crippen molar-refractivity contribution >= 4 is 29.1 Å². The number of Topliss-reactive ketones (excluding diaryl/α,β-unsaturated/α-hetero) is 1. The number of amides is 1. The molecular formula is C35H67NO5S. The van der Waals surface area contributed by atoms with E-state index in [0.717, 1.165) is 38.4 Å². The molecule has 3 fully saturated rings. The van der Waals surface area contributed by atoms with E-state index in [0.29, 0.717) is 48.0 Å². The second-order valence-electron chi connectivity index (χ2n) is 13.9. The highest BCUT2D eigenvalue weighted by molar-refractivity contribution is 7.79. The first-order valence-corrected chi connectivity index (χ1v) is 18.2. The van der Waals surface area contributed by atoms with Gasteiger partial charge in [0.2, 0.25) is 5.91 Å². The Hall–Kier alpha value is -1.08. The van der Waals surface area contributed by atoms with Gasteiger partial charge in [0.25, 0.3) is 0 Å². The lowest BCUT2D eigenvalue weighted by molar-refractivity contribution is -0.153. The van der Waals surface area contributed by atoms with E-state index in [2.05, 4.69) is 47.3 Å². The molecule has 0 aliphatic heterocycles. The number of hydrogen-bond acceptors (Lipinski definition) is 4. The van der Waals surface area contributed by atoms with Gasteiger partial charge in [-0.2, -0.15) is 0 Å². The summed E-state index contributed by atoms with van der Waals surface area (Å²) in [6.45, 7) is 23.3. The van der Waals surface area contributed by atoms with Crippen molar-refractivity contribution in [2.45, 2.75) is 147 Å². The van der Waals surface area contributed by atoms with Crippen LogP contribution in [0.5, 0.6) is 0 Å². The third-order valence-electron chi connectivity index (χ3n) is 11.4. The summed E-state index contributed by atoms with van der Waals surface area (Å²) in [5.41, 5.74) is 4.97. The number of carbonyl (C=O) groups excluding carboxylic acids is 3. The molecule has 3 aliphatic rings. The van der Waals surface area contributed by atoms with E-state index < -0.39 is 11.1 Å². The molecule has 3 N–H and O–H groups in total. The van der Waals surface area contributed by atoms with Crippen LogP contribution in [0.15, 0.2) is 0 Å². The normalized spacial score (nSPS) is 33.1. The molecule has 42 heavy (non-hydrogen) atoms. The number of primary amides is 1. The summed E-state index contributed by atoms with van der Waals surface area (Å²) < 4.78 is 20.3. The Morgan fingerprint density at radius 2 is 1.69 bits per heavy atom. The zero-order chi connectivity index (χ0) is 32.9. The van der Waals surface area contributed by atoms with Gasteiger partial charge in [0, 0.05) is 31.4 Å². The second kappa shape index (κ2) is 18.7. The van der Waals surface area contributed by atoms with Gasteiger partial charge in [-0.15, -0.1) is 0 Å². The lowest BCUT2D eigenvalue weighted by Crippen LogP contribution is -2.55. The average Bonchev–Trinajstić information content (AvgIpc) is 3.27. The van der Waals surface area contributed by atoms with Crippen molar-refractivity contribution in [1.82, 2.24) is 0 Å². The van der Waals surface area contributed by atoms with Crippen molar-refractivity contribution in [1.29, 1.82) is 0 Å². The molecule has 0 aromatic rings. The minimum absolute atomic E-state index is 0.109. The smallest absolute Gasteiger partial charge is 0.214 e. The fourth-order valence-corrected chi connectivity index (χ4v) is 9.24. The van der Waals surface area contributed by atoms with E-state index in [9.17, 15) is 23.1 Å². The number of hydrogen-bond donors (Lipinski definition) is 2. The van der Waals surface area contributed by atoms with Gasteiger partial charge in [-0.05, 0) is 97.2 Å². The summed E-state index contributed by atoms with van der Waals surface area (Å²) in [6, 6.07) is 0. The van der Waals surface area contributed by atoms with E-state index in [1.807, 2.05) is 27.7 Å². The Kier molecular flexibility index (Phi) is 18.2. The van der Waals surface area contributed by atoms with Crippen molar-refractivity contribution in [2.24, 2.45) is 57.5 Å². The molecule has 0 spiro atoms. The lowest BCUT2D eigenvalue weighted by atomic mass is 9.45. The predicted octanol–water partition coefficient (Wildman–Crippen LogP) is 8.63. The number of rotatable bonds is 11. The van der Waals surface area contributed by atoms with Crippen LogP contribution in [-0.4, -0.2) is 32.5 Å². The Morgan fingerprint density at radius 3 is 2.19 bits per heavy atom. The number of ketones is 1. The van der Waals surface area contributed by atoms with Gasteiger partial charge in [0.15, 0.2) is 11.1 Å². The molecule has 6 nitrogen and oxygen atoms in total. The van der Waals surface area contributed by atoms with E-state index in [-0.39, 0.29) is 34.0 Å². The monoisotopic (exact) mass is 613 g/mol. The quantitative estimate of drug-likeness (QED) is 0.179. The average molecular weight is 614 g/mol. The van der Waals surface area contributed by atoms with Crippen LogP contribution in [0.3, 0.4) is 0 Å². The molecule has 3 rings (SSSR count). The molecular weight excluding hydrogens is 546 g/mol. The first-order chi connectivity index (χ1) is 19.6. The topological polar surface area (TPSA) is 115 Å². The maximum Gasteiger partial charge on any atom is 0.214 e. The Labute approximate surface area is 261 Å². The van der Waals surface area contributed by atoms with E-state index >= 15 is 0 Å². The predicted molar refractivity (Wildman–Crippen MR) is 177 cm³/mol. The Bertz CT molecular complexity index is 856. The number of carbonyl (C=O) groups is 3. The molecule has 0 heterocycles. The number of fused-ring (bicyclic) bond motifs is 3. The highest BCUT2D eigenvalue weighted by Crippen LogP contribution is 2.66. The van der Waals surface area contributed by atoms with Crippen LogP contribution in [0, 0.1) is 51.8 Å². The minimum Gasteiger partial charge on any atom is -0.370 e. The van der Waals surface area contributed by atoms with Gasteiger partial charge >= 0.3 is 0 Å². The van der Waals surface area contributed by atoms with Crippen LogP contribution in [0.1, 0.15) is 147 Å². The first kappa shape index (κ1) is 40.9. The molecule has 0 aromatic heterocycles.